The lowest BCUT2D eigenvalue weighted by molar-refractivity contribution is 0.482. The third kappa shape index (κ3) is 2.61. The van der Waals surface area contributed by atoms with Gasteiger partial charge in [-0.1, -0.05) is 29.4 Å². The highest BCUT2D eigenvalue weighted by molar-refractivity contribution is 5.35. The fourth-order valence-corrected chi connectivity index (χ4v) is 2.46. The first-order chi connectivity index (χ1) is 9.36. The quantitative estimate of drug-likeness (QED) is 0.904. The third-order valence-electron chi connectivity index (χ3n) is 3.44. The van der Waals surface area contributed by atoms with Gasteiger partial charge in [-0.25, -0.2) is 0 Å². The molecule has 0 saturated heterocycles. The maximum Gasteiger partial charge on any atom is 0.318 e. The molecule has 2 heterocycles. The monoisotopic (exact) mass is 258 g/mol. The van der Waals surface area contributed by atoms with Crippen LogP contribution in [-0.2, 0) is 19.4 Å². The van der Waals surface area contributed by atoms with E-state index < -0.39 is 0 Å². The minimum atomic E-state index is 0.532. The van der Waals surface area contributed by atoms with Gasteiger partial charge in [0, 0.05) is 26.1 Å². The van der Waals surface area contributed by atoms with Crippen LogP contribution in [0.25, 0.3) is 0 Å². The molecule has 0 radical (unpaired) electrons. The topological polar surface area (TPSA) is 68.2 Å². The first-order valence-electron chi connectivity index (χ1n) is 6.71. The summed E-state index contributed by atoms with van der Waals surface area (Å²) in [5, 5.41) is 8.16. The van der Waals surface area contributed by atoms with Crippen LogP contribution >= 0.6 is 0 Å². The maximum atomic E-state index is 5.66. The lowest BCUT2D eigenvalue weighted by atomic mass is 10.0. The highest BCUT2D eigenvalue weighted by atomic mass is 16.4. The number of aryl methyl sites for hydroxylation is 1. The van der Waals surface area contributed by atoms with E-state index in [4.69, 9.17) is 10.2 Å². The molecule has 5 heteroatoms. The van der Waals surface area contributed by atoms with Crippen molar-refractivity contribution in [2.24, 2.45) is 5.73 Å². The minimum absolute atomic E-state index is 0.532. The Bertz CT molecular complexity index is 552. The molecule has 1 aromatic carbocycles. The van der Waals surface area contributed by atoms with Gasteiger partial charge in [0.2, 0.25) is 5.89 Å². The van der Waals surface area contributed by atoms with Gasteiger partial charge in [0.15, 0.2) is 0 Å². The van der Waals surface area contributed by atoms with Crippen molar-refractivity contribution in [3.05, 3.63) is 41.3 Å². The van der Waals surface area contributed by atoms with Gasteiger partial charge in [-0.2, -0.15) is 0 Å². The first-order valence-corrected chi connectivity index (χ1v) is 6.71. The summed E-state index contributed by atoms with van der Waals surface area (Å²) in [5.41, 5.74) is 8.26. The number of fused-ring (bicyclic) bond motifs is 1. The highest BCUT2D eigenvalue weighted by Crippen LogP contribution is 2.22. The third-order valence-corrected chi connectivity index (χ3v) is 3.44. The van der Waals surface area contributed by atoms with Gasteiger partial charge in [0.05, 0.1) is 0 Å². The van der Waals surface area contributed by atoms with Crippen molar-refractivity contribution in [2.75, 3.05) is 18.0 Å². The van der Waals surface area contributed by atoms with Gasteiger partial charge in [0.1, 0.15) is 0 Å². The van der Waals surface area contributed by atoms with Crippen LogP contribution in [0.1, 0.15) is 23.4 Å². The fourth-order valence-electron chi connectivity index (χ4n) is 2.46. The van der Waals surface area contributed by atoms with E-state index in [0.29, 0.717) is 24.9 Å². The minimum Gasteiger partial charge on any atom is -0.408 e. The van der Waals surface area contributed by atoms with Crippen LogP contribution < -0.4 is 10.6 Å². The van der Waals surface area contributed by atoms with E-state index >= 15 is 0 Å². The fraction of sp³-hybridized carbons (Fsp3) is 0.429. The molecule has 0 fully saturated rings. The Morgan fingerprint density at radius 2 is 2.05 bits per heavy atom. The molecule has 0 atom stereocenters. The number of aromatic nitrogens is 2. The molecule has 100 valence electrons. The predicted octanol–water partition coefficient (Wildman–Crippen LogP) is 1.52. The second-order valence-electron chi connectivity index (χ2n) is 4.81. The van der Waals surface area contributed by atoms with Crippen LogP contribution in [0.3, 0.4) is 0 Å². The zero-order chi connectivity index (χ0) is 13.1. The van der Waals surface area contributed by atoms with Gasteiger partial charge in [-0.3, -0.25) is 0 Å². The lowest BCUT2D eigenvalue weighted by Gasteiger charge is -2.17. The Balaban J connectivity index is 1.81. The molecule has 3 rings (SSSR count). The van der Waals surface area contributed by atoms with E-state index in [0.717, 1.165) is 25.9 Å². The Morgan fingerprint density at radius 3 is 2.89 bits per heavy atom. The molecule has 19 heavy (non-hydrogen) atoms. The zero-order valence-corrected chi connectivity index (χ0v) is 10.9. The molecule has 0 spiro atoms. The van der Waals surface area contributed by atoms with E-state index in [-0.39, 0.29) is 0 Å². The molecule has 2 aromatic rings. The highest BCUT2D eigenvalue weighted by Gasteiger charge is 2.18. The molecule has 0 saturated carbocycles. The Morgan fingerprint density at radius 1 is 1.21 bits per heavy atom. The molecule has 0 aliphatic carbocycles. The smallest absolute Gasteiger partial charge is 0.318 e. The van der Waals surface area contributed by atoms with Gasteiger partial charge in [-0.15, -0.1) is 5.10 Å². The summed E-state index contributed by atoms with van der Waals surface area (Å²) in [5.74, 6) is 0.620. The number of hydrogen-bond donors (Lipinski definition) is 1. The SMILES string of the molecule is NCCc1nnc(N2CCCc3ccccc3C2)o1. The van der Waals surface area contributed by atoms with Gasteiger partial charge >= 0.3 is 6.01 Å². The van der Waals surface area contributed by atoms with Crippen molar-refractivity contribution in [1.29, 1.82) is 0 Å². The Hall–Kier alpha value is -1.88. The van der Waals surface area contributed by atoms with Crippen molar-refractivity contribution in [3.8, 4) is 0 Å². The average Bonchev–Trinajstić information content (AvgIpc) is 2.78. The van der Waals surface area contributed by atoms with Crippen molar-refractivity contribution in [3.63, 3.8) is 0 Å². The zero-order valence-electron chi connectivity index (χ0n) is 10.9. The Kier molecular flexibility index (Phi) is 3.46. The van der Waals surface area contributed by atoms with Crippen LogP contribution in [0.5, 0.6) is 0 Å². The average molecular weight is 258 g/mol. The predicted molar refractivity (Wildman–Crippen MR) is 72.9 cm³/mol. The second kappa shape index (κ2) is 5.40. The number of nitrogens with two attached hydrogens (primary N) is 1. The van der Waals surface area contributed by atoms with Gasteiger partial charge in [-0.05, 0) is 24.0 Å². The number of anilines is 1. The standard InChI is InChI=1S/C14H18N4O/c15-8-7-13-16-17-14(19-13)18-9-3-6-11-4-1-2-5-12(11)10-18/h1-2,4-5H,3,6-10,15H2. The van der Waals surface area contributed by atoms with E-state index in [9.17, 15) is 0 Å². The van der Waals surface area contributed by atoms with Crippen molar-refractivity contribution >= 4 is 6.01 Å². The number of nitrogens with zero attached hydrogens (tertiary/aromatic N) is 3. The van der Waals surface area contributed by atoms with E-state index in [1.54, 1.807) is 0 Å². The summed E-state index contributed by atoms with van der Waals surface area (Å²) in [6, 6.07) is 9.16. The second-order valence-corrected chi connectivity index (χ2v) is 4.81. The van der Waals surface area contributed by atoms with Gasteiger partial charge < -0.3 is 15.1 Å². The summed E-state index contributed by atoms with van der Waals surface area (Å²) >= 11 is 0. The van der Waals surface area contributed by atoms with E-state index in [2.05, 4.69) is 39.4 Å². The van der Waals surface area contributed by atoms with Gasteiger partial charge in [0.25, 0.3) is 0 Å². The molecule has 2 N–H and O–H groups in total. The summed E-state index contributed by atoms with van der Waals surface area (Å²) in [6.45, 7) is 2.31. The summed E-state index contributed by atoms with van der Waals surface area (Å²) in [4.78, 5) is 2.15. The molecular weight excluding hydrogens is 240 g/mol. The normalized spacial score (nSPS) is 15.1. The number of rotatable bonds is 3. The summed E-state index contributed by atoms with van der Waals surface area (Å²) in [7, 11) is 0. The lowest BCUT2D eigenvalue weighted by Crippen LogP contribution is -2.22. The van der Waals surface area contributed by atoms with Crippen molar-refractivity contribution in [2.45, 2.75) is 25.8 Å². The molecule has 1 aromatic heterocycles. The molecule has 1 aliphatic rings. The molecular formula is C14H18N4O. The van der Waals surface area contributed by atoms with Crippen LogP contribution in [0.4, 0.5) is 6.01 Å². The van der Waals surface area contributed by atoms with E-state index in [1.807, 2.05) is 0 Å². The largest absolute Gasteiger partial charge is 0.408 e. The van der Waals surface area contributed by atoms with Crippen LogP contribution in [0.2, 0.25) is 0 Å². The summed E-state index contributed by atoms with van der Waals surface area (Å²) < 4.78 is 5.66. The molecule has 1 aliphatic heterocycles. The number of benzene rings is 1. The number of hydrogen-bond acceptors (Lipinski definition) is 5. The van der Waals surface area contributed by atoms with Crippen molar-refractivity contribution in [1.82, 2.24) is 10.2 Å². The van der Waals surface area contributed by atoms with Crippen LogP contribution in [0, 0.1) is 0 Å². The van der Waals surface area contributed by atoms with Crippen LogP contribution in [0.15, 0.2) is 28.7 Å². The molecule has 0 unspecified atom stereocenters. The Labute approximate surface area is 112 Å². The maximum absolute atomic E-state index is 5.66. The molecule has 5 nitrogen and oxygen atoms in total. The molecule has 0 amide bonds. The molecule has 0 bridgehead atoms. The van der Waals surface area contributed by atoms with Crippen molar-refractivity contribution < 1.29 is 4.42 Å². The van der Waals surface area contributed by atoms with Crippen LogP contribution in [-0.4, -0.2) is 23.3 Å². The summed E-state index contributed by atoms with van der Waals surface area (Å²) in [6.07, 6.45) is 2.85. The van der Waals surface area contributed by atoms with E-state index in [1.165, 1.54) is 11.1 Å². The first kappa shape index (κ1) is 12.2.